The second-order valence-electron chi connectivity index (χ2n) is 7.47. The summed E-state index contributed by atoms with van der Waals surface area (Å²) in [5, 5.41) is 2.93. The summed E-state index contributed by atoms with van der Waals surface area (Å²) in [5.41, 5.74) is 1.85. The normalized spacial score (nSPS) is 16.1. The highest BCUT2D eigenvalue weighted by atomic mass is 16.7. The van der Waals surface area contributed by atoms with Gasteiger partial charge in [-0.2, -0.15) is 0 Å². The van der Waals surface area contributed by atoms with E-state index in [1.165, 1.54) is 5.56 Å². The van der Waals surface area contributed by atoms with E-state index in [0.29, 0.717) is 18.9 Å². The molecular weight excluding hydrogens is 368 g/mol. The zero-order chi connectivity index (χ0) is 20.1. The Morgan fingerprint density at radius 1 is 1.10 bits per heavy atom. The molecule has 7 nitrogen and oxygen atoms in total. The van der Waals surface area contributed by atoms with Crippen molar-refractivity contribution in [1.29, 1.82) is 0 Å². The first-order chi connectivity index (χ1) is 14.2. The third-order valence-electron chi connectivity index (χ3n) is 5.37. The SMILES string of the molecule is CCCCNC(=O)c1ccc(N2CCN(Cc3ccc4c(c3)OCO4)CC2)nc1. The van der Waals surface area contributed by atoms with Gasteiger partial charge in [0, 0.05) is 45.5 Å². The number of nitrogens with zero attached hydrogens (tertiary/aromatic N) is 3. The lowest BCUT2D eigenvalue weighted by Gasteiger charge is -2.35. The molecule has 0 unspecified atom stereocenters. The van der Waals surface area contributed by atoms with Crippen LogP contribution in [0.2, 0.25) is 0 Å². The molecule has 0 aliphatic carbocycles. The number of fused-ring (bicyclic) bond motifs is 1. The van der Waals surface area contributed by atoms with Crippen LogP contribution in [0.1, 0.15) is 35.7 Å². The van der Waals surface area contributed by atoms with Gasteiger partial charge in [-0.3, -0.25) is 9.69 Å². The van der Waals surface area contributed by atoms with Gasteiger partial charge < -0.3 is 19.7 Å². The van der Waals surface area contributed by atoms with Crippen molar-refractivity contribution < 1.29 is 14.3 Å². The third kappa shape index (κ3) is 4.79. The number of unbranched alkanes of at least 4 members (excludes halogenated alkanes) is 1. The smallest absolute Gasteiger partial charge is 0.252 e. The van der Waals surface area contributed by atoms with Gasteiger partial charge in [-0.15, -0.1) is 0 Å². The maximum absolute atomic E-state index is 12.1. The Morgan fingerprint density at radius 3 is 2.69 bits per heavy atom. The number of benzene rings is 1. The van der Waals surface area contributed by atoms with E-state index in [-0.39, 0.29) is 5.91 Å². The van der Waals surface area contributed by atoms with Gasteiger partial charge >= 0.3 is 0 Å². The molecule has 1 aromatic heterocycles. The second kappa shape index (κ2) is 9.13. The summed E-state index contributed by atoms with van der Waals surface area (Å²) in [6.45, 7) is 7.79. The minimum atomic E-state index is -0.0500. The van der Waals surface area contributed by atoms with E-state index < -0.39 is 0 Å². The number of anilines is 1. The van der Waals surface area contributed by atoms with E-state index in [2.05, 4.69) is 39.2 Å². The Bertz CT molecular complexity index is 832. The first-order valence-electron chi connectivity index (χ1n) is 10.3. The molecule has 1 saturated heterocycles. The standard InChI is InChI=1S/C22H28N4O3/c1-2-3-8-23-22(27)18-5-7-21(24-14-18)26-11-9-25(10-12-26)15-17-4-6-19-20(13-17)29-16-28-19/h4-7,13-14H,2-3,8-12,15-16H2,1H3,(H,23,27). The highest BCUT2D eigenvalue weighted by molar-refractivity contribution is 5.94. The van der Waals surface area contributed by atoms with E-state index in [9.17, 15) is 4.79 Å². The van der Waals surface area contributed by atoms with E-state index in [1.54, 1.807) is 6.20 Å². The van der Waals surface area contributed by atoms with Gasteiger partial charge in [-0.05, 0) is 36.2 Å². The quantitative estimate of drug-likeness (QED) is 0.726. The number of amides is 1. The maximum atomic E-state index is 12.1. The van der Waals surface area contributed by atoms with Gasteiger partial charge in [0.2, 0.25) is 6.79 Å². The molecule has 1 amide bonds. The monoisotopic (exact) mass is 396 g/mol. The fourth-order valence-corrected chi connectivity index (χ4v) is 3.62. The van der Waals surface area contributed by atoms with Crippen molar-refractivity contribution in [1.82, 2.24) is 15.2 Å². The predicted octanol–water partition coefficient (Wildman–Crippen LogP) is 2.66. The summed E-state index contributed by atoms with van der Waals surface area (Å²) in [7, 11) is 0. The van der Waals surface area contributed by atoms with Gasteiger partial charge in [0.1, 0.15) is 5.82 Å². The average molecular weight is 396 g/mol. The highest BCUT2D eigenvalue weighted by Crippen LogP contribution is 2.32. The summed E-state index contributed by atoms with van der Waals surface area (Å²) < 4.78 is 10.9. The number of piperazine rings is 1. The van der Waals surface area contributed by atoms with Crippen molar-refractivity contribution in [2.24, 2.45) is 0 Å². The zero-order valence-electron chi connectivity index (χ0n) is 16.9. The van der Waals surface area contributed by atoms with E-state index >= 15 is 0 Å². The molecule has 154 valence electrons. The van der Waals surface area contributed by atoms with Crippen molar-refractivity contribution in [3.8, 4) is 11.5 Å². The summed E-state index contributed by atoms with van der Waals surface area (Å²) in [6.07, 6.45) is 3.74. The van der Waals surface area contributed by atoms with E-state index in [4.69, 9.17) is 9.47 Å². The molecule has 0 radical (unpaired) electrons. The van der Waals surface area contributed by atoms with Crippen molar-refractivity contribution in [3.63, 3.8) is 0 Å². The Hall–Kier alpha value is -2.80. The van der Waals surface area contributed by atoms with Crippen molar-refractivity contribution in [3.05, 3.63) is 47.7 Å². The van der Waals surface area contributed by atoms with Crippen LogP contribution in [0.3, 0.4) is 0 Å². The summed E-state index contributed by atoms with van der Waals surface area (Å²) in [5.74, 6) is 2.54. The minimum Gasteiger partial charge on any atom is -0.454 e. The van der Waals surface area contributed by atoms with Crippen LogP contribution in [-0.2, 0) is 6.54 Å². The first kappa shape index (κ1) is 19.5. The summed E-state index contributed by atoms with van der Waals surface area (Å²) in [6, 6.07) is 9.97. The van der Waals surface area contributed by atoms with Crippen molar-refractivity contribution in [2.75, 3.05) is 44.4 Å². The fourth-order valence-electron chi connectivity index (χ4n) is 3.62. The van der Waals surface area contributed by atoms with Crippen molar-refractivity contribution >= 4 is 11.7 Å². The molecule has 0 bridgehead atoms. The molecule has 1 N–H and O–H groups in total. The van der Waals surface area contributed by atoms with Crippen LogP contribution >= 0.6 is 0 Å². The van der Waals surface area contributed by atoms with Gasteiger partial charge in [0.25, 0.3) is 5.91 Å². The number of carbonyl (C=O) groups is 1. The Balaban J connectivity index is 1.27. The largest absolute Gasteiger partial charge is 0.454 e. The van der Waals surface area contributed by atoms with Gasteiger partial charge in [-0.1, -0.05) is 19.4 Å². The molecule has 1 aromatic carbocycles. The number of carbonyl (C=O) groups excluding carboxylic acids is 1. The number of hydrogen-bond donors (Lipinski definition) is 1. The minimum absolute atomic E-state index is 0.0500. The highest BCUT2D eigenvalue weighted by Gasteiger charge is 2.20. The maximum Gasteiger partial charge on any atom is 0.252 e. The summed E-state index contributed by atoms with van der Waals surface area (Å²) >= 11 is 0. The number of rotatable bonds is 7. The lowest BCUT2D eigenvalue weighted by molar-refractivity contribution is 0.0953. The van der Waals surface area contributed by atoms with Crippen LogP contribution in [0.4, 0.5) is 5.82 Å². The number of hydrogen-bond acceptors (Lipinski definition) is 6. The molecule has 2 aliphatic heterocycles. The van der Waals surface area contributed by atoms with Crippen LogP contribution in [0, 0.1) is 0 Å². The van der Waals surface area contributed by atoms with Gasteiger partial charge in [0.05, 0.1) is 5.56 Å². The molecule has 0 spiro atoms. The number of ether oxygens (including phenoxy) is 2. The van der Waals surface area contributed by atoms with Crippen LogP contribution in [0.5, 0.6) is 11.5 Å². The Morgan fingerprint density at radius 2 is 1.93 bits per heavy atom. The lowest BCUT2D eigenvalue weighted by atomic mass is 10.1. The van der Waals surface area contributed by atoms with Crippen LogP contribution < -0.4 is 19.7 Å². The van der Waals surface area contributed by atoms with Crippen LogP contribution in [-0.4, -0.2) is 55.3 Å². The second-order valence-corrected chi connectivity index (χ2v) is 7.47. The number of aromatic nitrogens is 1. The molecule has 2 aromatic rings. The predicted molar refractivity (Wildman–Crippen MR) is 112 cm³/mol. The zero-order valence-corrected chi connectivity index (χ0v) is 16.9. The number of pyridine rings is 1. The third-order valence-corrected chi connectivity index (χ3v) is 5.37. The Kier molecular flexibility index (Phi) is 6.14. The molecule has 1 fully saturated rings. The molecule has 29 heavy (non-hydrogen) atoms. The molecule has 3 heterocycles. The Labute approximate surface area is 171 Å². The number of nitrogens with one attached hydrogen (secondary N) is 1. The van der Waals surface area contributed by atoms with Crippen molar-refractivity contribution in [2.45, 2.75) is 26.3 Å². The fraction of sp³-hybridized carbons (Fsp3) is 0.455. The van der Waals surface area contributed by atoms with Crippen LogP contribution in [0.15, 0.2) is 36.5 Å². The topological polar surface area (TPSA) is 66.9 Å². The molecular formula is C22H28N4O3. The van der Waals surface area contributed by atoms with E-state index in [0.717, 1.165) is 62.9 Å². The van der Waals surface area contributed by atoms with Gasteiger partial charge in [-0.25, -0.2) is 4.98 Å². The molecule has 7 heteroatoms. The van der Waals surface area contributed by atoms with Gasteiger partial charge in [0.15, 0.2) is 11.5 Å². The molecule has 2 aliphatic rings. The molecule has 0 atom stereocenters. The van der Waals surface area contributed by atoms with Crippen LogP contribution in [0.25, 0.3) is 0 Å². The molecule has 4 rings (SSSR count). The molecule has 0 saturated carbocycles. The van der Waals surface area contributed by atoms with E-state index in [1.807, 2.05) is 18.2 Å². The summed E-state index contributed by atoms with van der Waals surface area (Å²) in [4.78, 5) is 21.3. The lowest BCUT2D eigenvalue weighted by Crippen LogP contribution is -2.46. The average Bonchev–Trinajstić information content (AvgIpc) is 3.22. The first-order valence-corrected chi connectivity index (χ1v) is 10.3.